The summed E-state index contributed by atoms with van der Waals surface area (Å²) in [6.07, 6.45) is 1.31. The minimum absolute atomic E-state index is 0.236. The van der Waals surface area contributed by atoms with Crippen LogP contribution in [0, 0.1) is 0 Å². The Morgan fingerprint density at radius 3 is 1.88 bits per heavy atom. The van der Waals surface area contributed by atoms with Crippen molar-refractivity contribution >= 4 is 10.0 Å². The van der Waals surface area contributed by atoms with Gasteiger partial charge in [0, 0.05) is 13.1 Å². The van der Waals surface area contributed by atoms with E-state index in [1.807, 2.05) is 0 Å². The third-order valence-corrected chi connectivity index (χ3v) is 4.56. The van der Waals surface area contributed by atoms with E-state index < -0.39 is 27.9 Å². The minimum atomic E-state index is -5.52. The largest absolute Gasteiger partial charge is 0.423 e. The van der Waals surface area contributed by atoms with Crippen molar-refractivity contribution in [3.8, 4) is 0 Å². The van der Waals surface area contributed by atoms with Gasteiger partial charge in [-0.1, -0.05) is 6.42 Å². The van der Waals surface area contributed by atoms with Crippen molar-refractivity contribution in [2.75, 3.05) is 19.8 Å². The lowest BCUT2D eigenvalue weighted by atomic mass is 10.2. The van der Waals surface area contributed by atoms with Gasteiger partial charge in [-0.3, -0.25) is 0 Å². The number of sulfonamides is 1. The normalized spacial score (nSPS) is 20.5. The minimum Gasteiger partial charge on any atom is -0.244 e. The van der Waals surface area contributed by atoms with E-state index in [9.17, 15) is 30.4 Å². The first-order chi connectivity index (χ1) is 7.67. The Morgan fingerprint density at radius 2 is 1.47 bits per heavy atom. The summed E-state index contributed by atoms with van der Waals surface area (Å²) in [5.41, 5.74) is 0. The molecule has 0 unspecified atom stereocenters. The van der Waals surface area contributed by atoms with Crippen LogP contribution >= 0.6 is 0 Å². The van der Waals surface area contributed by atoms with Crippen LogP contribution in [0.2, 0.25) is 0 Å². The molecule has 102 valence electrons. The molecule has 1 fully saturated rings. The van der Waals surface area contributed by atoms with E-state index in [4.69, 9.17) is 0 Å². The zero-order chi connectivity index (χ0) is 13.3. The second-order valence-corrected chi connectivity index (χ2v) is 5.80. The topological polar surface area (TPSA) is 37.4 Å². The number of halogens is 5. The fraction of sp³-hybridized carbons (Fsp3) is 1.00. The molecule has 1 rings (SSSR count). The Kier molecular flexibility index (Phi) is 4.02. The Balaban J connectivity index is 3.03. The predicted molar refractivity (Wildman–Crippen MR) is 50.2 cm³/mol. The molecule has 0 atom stereocenters. The van der Waals surface area contributed by atoms with Crippen LogP contribution in [0.1, 0.15) is 19.3 Å². The zero-order valence-corrected chi connectivity index (χ0v) is 9.62. The number of rotatable bonds is 4. The van der Waals surface area contributed by atoms with Crippen LogP contribution in [0.4, 0.5) is 22.0 Å². The van der Waals surface area contributed by atoms with Crippen LogP contribution in [0.5, 0.6) is 0 Å². The summed E-state index contributed by atoms with van der Waals surface area (Å²) in [6, 6.07) is 0. The zero-order valence-electron chi connectivity index (χ0n) is 8.80. The van der Waals surface area contributed by atoms with Crippen molar-refractivity contribution in [3.63, 3.8) is 0 Å². The molecule has 1 saturated heterocycles. The molecule has 0 aromatic carbocycles. The highest BCUT2D eigenvalue weighted by molar-refractivity contribution is 7.90. The molecule has 0 radical (unpaired) electrons. The van der Waals surface area contributed by atoms with E-state index in [0.717, 1.165) is 0 Å². The van der Waals surface area contributed by atoms with Crippen molar-refractivity contribution in [2.45, 2.75) is 30.4 Å². The fourth-order valence-corrected chi connectivity index (χ4v) is 3.03. The molecule has 1 heterocycles. The van der Waals surface area contributed by atoms with Gasteiger partial charge in [-0.2, -0.15) is 21.9 Å². The van der Waals surface area contributed by atoms with E-state index in [1.54, 1.807) is 0 Å². The molecule has 0 aromatic heterocycles. The van der Waals surface area contributed by atoms with Crippen LogP contribution in [0.25, 0.3) is 0 Å². The number of alkyl halides is 5. The van der Waals surface area contributed by atoms with E-state index >= 15 is 0 Å². The van der Waals surface area contributed by atoms with Gasteiger partial charge in [0.1, 0.15) is 0 Å². The maximum absolute atomic E-state index is 13.1. The van der Waals surface area contributed by atoms with Gasteiger partial charge in [0.2, 0.25) is 0 Å². The van der Waals surface area contributed by atoms with Gasteiger partial charge >= 0.3 is 11.2 Å². The van der Waals surface area contributed by atoms with Crippen molar-refractivity contribution < 1.29 is 30.4 Å². The highest BCUT2D eigenvalue weighted by Crippen LogP contribution is 2.41. The Bertz CT molecular complexity index is 364. The summed E-state index contributed by atoms with van der Waals surface area (Å²) < 4.78 is 86.4. The first-order valence-electron chi connectivity index (χ1n) is 4.98. The van der Waals surface area contributed by atoms with E-state index in [1.165, 1.54) is 0 Å². The lowest BCUT2D eigenvalue weighted by Gasteiger charge is -2.32. The van der Waals surface area contributed by atoms with Gasteiger partial charge in [0.25, 0.3) is 10.0 Å². The molecular formula is C8H12F5NO2S. The van der Waals surface area contributed by atoms with Crippen LogP contribution in [0.3, 0.4) is 0 Å². The SMILES string of the molecule is O=S(=O)(N1CCCCC1)C(F)(F)C(F)(F)CF. The molecule has 0 spiro atoms. The molecule has 3 nitrogen and oxygen atoms in total. The van der Waals surface area contributed by atoms with Crippen LogP contribution < -0.4 is 0 Å². The quantitative estimate of drug-likeness (QED) is 0.739. The van der Waals surface area contributed by atoms with E-state index in [-0.39, 0.29) is 13.1 Å². The van der Waals surface area contributed by atoms with Gasteiger partial charge in [0.15, 0.2) is 6.67 Å². The molecule has 1 aliphatic heterocycles. The first-order valence-corrected chi connectivity index (χ1v) is 6.42. The van der Waals surface area contributed by atoms with Gasteiger partial charge in [-0.05, 0) is 12.8 Å². The number of nitrogens with zero attached hydrogens (tertiary/aromatic N) is 1. The second kappa shape index (κ2) is 4.68. The summed E-state index contributed by atoms with van der Waals surface area (Å²) in [7, 11) is -5.52. The van der Waals surface area contributed by atoms with Gasteiger partial charge < -0.3 is 0 Å². The Labute approximate surface area is 95.6 Å². The lowest BCUT2D eigenvalue weighted by Crippen LogP contribution is -2.55. The average Bonchev–Trinajstić information content (AvgIpc) is 2.29. The van der Waals surface area contributed by atoms with E-state index in [2.05, 4.69) is 0 Å². The highest BCUT2D eigenvalue weighted by atomic mass is 32.2. The third-order valence-electron chi connectivity index (χ3n) is 2.57. The van der Waals surface area contributed by atoms with Gasteiger partial charge in [-0.15, -0.1) is 0 Å². The van der Waals surface area contributed by atoms with Crippen molar-refractivity contribution in [1.29, 1.82) is 0 Å². The van der Waals surface area contributed by atoms with Crippen molar-refractivity contribution in [1.82, 2.24) is 4.31 Å². The van der Waals surface area contributed by atoms with Crippen LogP contribution in [0.15, 0.2) is 0 Å². The summed E-state index contributed by atoms with van der Waals surface area (Å²) in [5.74, 6) is -5.21. The molecule has 0 saturated carbocycles. The Morgan fingerprint density at radius 1 is 1.00 bits per heavy atom. The van der Waals surface area contributed by atoms with Crippen molar-refractivity contribution in [2.24, 2.45) is 0 Å². The first kappa shape index (κ1) is 14.6. The molecule has 0 bridgehead atoms. The highest BCUT2D eigenvalue weighted by Gasteiger charge is 2.67. The molecule has 9 heteroatoms. The Hall–Kier alpha value is -0.440. The molecule has 17 heavy (non-hydrogen) atoms. The van der Waals surface area contributed by atoms with Gasteiger partial charge in [0.05, 0.1) is 0 Å². The molecular weight excluding hydrogens is 269 g/mol. The maximum atomic E-state index is 13.1. The monoisotopic (exact) mass is 281 g/mol. The number of hydrogen-bond donors (Lipinski definition) is 0. The number of piperidine rings is 1. The summed E-state index contributed by atoms with van der Waals surface area (Å²) >= 11 is 0. The molecule has 0 aromatic rings. The smallest absolute Gasteiger partial charge is 0.244 e. The average molecular weight is 281 g/mol. The standard InChI is InChI=1S/C8H12F5NO2S/c9-6-7(10,11)8(12,13)17(15,16)14-4-2-1-3-5-14/h1-6H2. The third kappa shape index (κ3) is 2.40. The predicted octanol–water partition coefficient (Wildman–Crippen LogP) is 2.00. The van der Waals surface area contributed by atoms with Gasteiger partial charge in [-0.25, -0.2) is 12.8 Å². The lowest BCUT2D eigenvalue weighted by molar-refractivity contribution is -0.168. The van der Waals surface area contributed by atoms with Crippen LogP contribution in [-0.4, -0.2) is 43.7 Å². The van der Waals surface area contributed by atoms with Crippen molar-refractivity contribution in [3.05, 3.63) is 0 Å². The summed E-state index contributed by atoms with van der Waals surface area (Å²) in [5, 5.41) is -5.41. The summed E-state index contributed by atoms with van der Waals surface area (Å²) in [4.78, 5) is 0. The summed E-state index contributed by atoms with van der Waals surface area (Å²) in [6.45, 7) is -3.19. The second-order valence-electron chi connectivity index (χ2n) is 3.82. The molecule has 1 aliphatic rings. The molecule has 0 amide bonds. The van der Waals surface area contributed by atoms with E-state index in [0.29, 0.717) is 23.6 Å². The number of hydrogen-bond acceptors (Lipinski definition) is 2. The fourth-order valence-electron chi connectivity index (χ4n) is 1.53. The maximum Gasteiger partial charge on any atom is 0.423 e. The molecule has 0 aliphatic carbocycles. The molecule has 0 N–H and O–H groups in total. The van der Waals surface area contributed by atoms with Crippen LogP contribution in [-0.2, 0) is 10.0 Å².